The van der Waals surface area contributed by atoms with Crippen molar-refractivity contribution in [2.75, 3.05) is 13.3 Å². The molecule has 1 heterocycles. The van der Waals surface area contributed by atoms with Crippen LogP contribution in [0.5, 0.6) is 0 Å². The van der Waals surface area contributed by atoms with Crippen LogP contribution in [-0.4, -0.2) is 67.9 Å². The van der Waals surface area contributed by atoms with E-state index < -0.39 is 54.6 Å². The van der Waals surface area contributed by atoms with E-state index in [0.717, 1.165) is 20.8 Å². The maximum absolute atomic E-state index is 11.5. The molecule has 11 heteroatoms. The summed E-state index contributed by atoms with van der Waals surface area (Å²) in [4.78, 5) is 45.5. The van der Waals surface area contributed by atoms with Crippen molar-refractivity contribution < 1.29 is 47.6 Å². The van der Waals surface area contributed by atoms with Crippen LogP contribution in [0.1, 0.15) is 27.7 Å². The third-order valence-electron chi connectivity index (χ3n) is 3.21. The van der Waals surface area contributed by atoms with Crippen LogP contribution in [0.25, 0.3) is 0 Å². The number of carbonyl (C=O) groups is 4. The maximum Gasteiger partial charge on any atom is 0.303 e. The summed E-state index contributed by atoms with van der Waals surface area (Å²) in [6, 6.07) is 0. The number of carbonyl (C=O) groups excluding carboxylic acids is 4. The van der Waals surface area contributed by atoms with Crippen molar-refractivity contribution in [3.8, 4) is 0 Å². The summed E-state index contributed by atoms with van der Waals surface area (Å²) in [5.41, 5.74) is 5.36. The Morgan fingerprint density at radius 3 is 1.77 bits per heavy atom. The van der Waals surface area contributed by atoms with Crippen molar-refractivity contribution in [2.24, 2.45) is 5.73 Å². The predicted molar refractivity (Wildman–Crippen MR) is 82.1 cm³/mol. The zero-order valence-corrected chi connectivity index (χ0v) is 15.0. The van der Waals surface area contributed by atoms with Crippen LogP contribution in [0.4, 0.5) is 0 Å². The number of ether oxygens (including phenoxy) is 6. The molecule has 0 spiro atoms. The van der Waals surface area contributed by atoms with Gasteiger partial charge in [-0.05, 0) is 0 Å². The molecule has 0 saturated carbocycles. The van der Waals surface area contributed by atoms with Crippen molar-refractivity contribution in [3.05, 3.63) is 0 Å². The van der Waals surface area contributed by atoms with E-state index in [9.17, 15) is 19.2 Å². The molecule has 2 N–H and O–H groups in total. The van der Waals surface area contributed by atoms with E-state index in [4.69, 9.17) is 34.2 Å². The summed E-state index contributed by atoms with van der Waals surface area (Å²) in [6.45, 7) is 3.97. The fraction of sp³-hybridized carbons (Fsp3) is 0.733. The molecule has 5 atom stereocenters. The molecule has 0 aromatic heterocycles. The lowest BCUT2D eigenvalue weighted by Gasteiger charge is -2.43. The Kier molecular flexibility index (Phi) is 8.42. The van der Waals surface area contributed by atoms with Gasteiger partial charge in [-0.25, -0.2) is 0 Å². The molecule has 26 heavy (non-hydrogen) atoms. The summed E-state index contributed by atoms with van der Waals surface area (Å²) in [5, 5.41) is 0. The van der Waals surface area contributed by atoms with Crippen molar-refractivity contribution in [3.63, 3.8) is 0 Å². The van der Waals surface area contributed by atoms with Crippen LogP contribution in [-0.2, 0) is 47.6 Å². The van der Waals surface area contributed by atoms with Gasteiger partial charge in [0, 0.05) is 27.7 Å². The molecule has 1 saturated heterocycles. The zero-order chi connectivity index (χ0) is 19.9. The minimum atomic E-state index is -1.26. The maximum atomic E-state index is 11.5. The van der Waals surface area contributed by atoms with Gasteiger partial charge < -0.3 is 34.2 Å². The highest BCUT2D eigenvalue weighted by atomic mass is 16.7. The quantitative estimate of drug-likeness (QED) is 0.331. The molecular formula is C15H23NO10. The van der Waals surface area contributed by atoms with Crippen molar-refractivity contribution in [1.29, 1.82) is 0 Å². The lowest BCUT2D eigenvalue weighted by atomic mass is 9.98. The third-order valence-corrected chi connectivity index (χ3v) is 3.21. The van der Waals surface area contributed by atoms with Crippen LogP contribution in [0, 0.1) is 0 Å². The van der Waals surface area contributed by atoms with Gasteiger partial charge in [0.05, 0.1) is 6.73 Å². The van der Waals surface area contributed by atoms with Crippen LogP contribution in [0.15, 0.2) is 0 Å². The molecule has 0 radical (unpaired) electrons. The van der Waals surface area contributed by atoms with Crippen LogP contribution in [0.2, 0.25) is 0 Å². The van der Waals surface area contributed by atoms with Crippen LogP contribution in [0.3, 0.4) is 0 Å². The first kappa shape index (κ1) is 21.8. The molecule has 1 rings (SSSR count). The highest BCUT2D eigenvalue weighted by Crippen LogP contribution is 2.29. The minimum Gasteiger partial charge on any atom is -0.463 e. The molecule has 0 aromatic carbocycles. The Labute approximate surface area is 150 Å². The summed E-state index contributed by atoms with van der Waals surface area (Å²) >= 11 is 0. The predicted octanol–water partition coefficient (Wildman–Crippen LogP) is -0.998. The molecule has 0 amide bonds. The van der Waals surface area contributed by atoms with E-state index in [2.05, 4.69) is 0 Å². The van der Waals surface area contributed by atoms with Crippen molar-refractivity contribution in [2.45, 2.75) is 58.4 Å². The van der Waals surface area contributed by atoms with Crippen LogP contribution >= 0.6 is 0 Å². The van der Waals surface area contributed by atoms with Crippen molar-refractivity contribution >= 4 is 23.9 Å². The number of nitrogens with two attached hydrogens (primary N) is 1. The van der Waals surface area contributed by atoms with E-state index in [1.165, 1.54) is 6.92 Å². The van der Waals surface area contributed by atoms with Gasteiger partial charge in [-0.2, -0.15) is 0 Å². The number of hydrogen-bond acceptors (Lipinski definition) is 11. The molecule has 0 aliphatic carbocycles. The lowest BCUT2D eigenvalue weighted by Crippen LogP contribution is -2.63. The second-order valence-corrected chi connectivity index (χ2v) is 5.40. The lowest BCUT2D eigenvalue weighted by molar-refractivity contribution is -0.307. The Morgan fingerprint density at radius 2 is 1.31 bits per heavy atom. The van der Waals surface area contributed by atoms with Gasteiger partial charge in [-0.3, -0.25) is 19.2 Å². The molecule has 11 nitrogen and oxygen atoms in total. The summed E-state index contributed by atoms with van der Waals surface area (Å²) < 4.78 is 31.2. The first-order valence-electron chi connectivity index (χ1n) is 7.77. The molecular weight excluding hydrogens is 354 g/mol. The fourth-order valence-electron chi connectivity index (χ4n) is 2.42. The molecule has 0 unspecified atom stereocenters. The fourth-order valence-corrected chi connectivity index (χ4v) is 2.42. The van der Waals surface area contributed by atoms with E-state index in [1.807, 2.05) is 0 Å². The normalized spacial score (nSPS) is 28.0. The van der Waals surface area contributed by atoms with Gasteiger partial charge in [0.15, 0.2) is 18.3 Å². The van der Waals surface area contributed by atoms with Gasteiger partial charge in [0.1, 0.15) is 12.7 Å². The minimum absolute atomic E-state index is 0.298. The summed E-state index contributed by atoms with van der Waals surface area (Å²) in [7, 11) is 0. The molecule has 0 bridgehead atoms. The summed E-state index contributed by atoms with van der Waals surface area (Å²) in [6.07, 6.45) is -6.00. The Morgan fingerprint density at radius 1 is 0.808 bits per heavy atom. The summed E-state index contributed by atoms with van der Waals surface area (Å²) in [5.74, 6) is -2.73. The van der Waals surface area contributed by atoms with Gasteiger partial charge >= 0.3 is 23.9 Å². The van der Waals surface area contributed by atoms with Gasteiger partial charge in [-0.15, -0.1) is 0 Å². The van der Waals surface area contributed by atoms with E-state index in [1.54, 1.807) is 0 Å². The Bertz CT molecular complexity index is 537. The highest BCUT2D eigenvalue weighted by molar-refractivity contribution is 5.68. The Hall–Kier alpha value is -2.24. The van der Waals surface area contributed by atoms with Gasteiger partial charge in [0.2, 0.25) is 6.29 Å². The van der Waals surface area contributed by atoms with E-state index in [0.29, 0.717) is 0 Å². The number of rotatable bonds is 7. The monoisotopic (exact) mass is 377 g/mol. The van der Waals surface area contributed by atoms with Gasteiger partial charge in [0.25, 0.3) is 0 Å². The van der Waals surface area contributed by atoms with Crippen LogP contribution < -0.4 is 5.73 Å². The first-order chi connectivity index (χ1) is 12.1. The molecule has 0 aromatic rings. The van der Waals surface area contributed by atoms with Gasteiger partial charge in [-0.1, -0.05) is 0 Å². The SMILES string of the molecule is CC(=O)OC[C@H]1O[C@H](OCN)[C@@H](OC(C)=O)[C@@H](OC(C)=O)[C@@H]1OC(C)=O. The smallest absolute Gasteiger partial charge is 0.303 e. The Balaban J connectivity index is 3.22. The third kappa shape index (κ3) is 6.58. The topological polar surface area (TPSA) is 150 Å². The number of hydrogen-bond donors (Lipinski definition) is 1. The standard InChI is InChI=1S/C15H23NO10/c1-7(17)21-5-11-12(23-8(2)18)13(24-9(3)19)14(25-10(4)20)15(26-11)22-6-16/h11-15H,5-6,16H2,1-4H3/t11-,12-,13+,14+,15+/m1/s1. The molecule has 1 aliphatic heterocycles. The highest BCUT2D eigenvalue weighted by Gasteiger charge is 2.52. The largest absolute Gasteiger partial charge is 0.463 e. The zero-order valence-electron chi connectivity index (χ0n) is 15.0. The second-order valence-electron chi connectivity index (χ2n) is 5.40. The molecule has 1 aliphatic rings. The molecule has 148 valence electrons. The second kappa shape index (κ2) is 10.0. The van der Waals surface area contributed by atoms with E-state index >= 15 is 0 Å². The van der Waals surface area contributed by atoms with Crippen molar-refractivity contribution in [1.82, 2.24) is 0 Å². The number of esters is 4. The average Bonchev–Trinajstić information content (AvgIpc) is 2.50. The average molecular weight is 377 g/mol. The molecule has 1 fully saturated rings. The van der Waals surface area contributed by atoms with E-state index in [-0.39, 0.29) is 13.3 Å². The first-order valence-corrected chi connectivity index (χ1v) is 7.77.